The van der Waals surface area contributed by atoms with Gasteiger partial charge < -0.3 is 20.4 Å². The summed E-state index contributed by atoms with van der Waals surface area (Å²) in [7, 11) is 0. The summed E-state index contributed by atoms with van der Waals surface area (Å²) >= 11 is 6.22. The summed E-state index contributed by atoms with van der Waals surface area (Å²) in [6.45, 7) is 0.427. The molecule has 7 nitrogen and oxygen atoms in total. The van der Waals surface area contributed by atoms with E-state index in [0.29, 0.717) is 22.0 Å². The van der Waals surface area contributed by atoms with E-state index in [0.717, 1.165) is 11.1 Å². The summed E-state index contributed by atoms with van der Waals surface area (Å²) in [6, 6.07) is 23.8. The Morgan fingerprint density at radius 3 is 2.51 bits per heavy atom. The van der Waals surface area contributed by atoms with E-state index in [1.54, 1.807) is 60.8 Å². The van der Waals surface area contributed by atoms with Gasteiger partial charge in [0.2, 0.25) is 0 Å². The molecule has 0 saturated heterocycles. The Kier molecular flexibility index (Phi) is 7.28. The number of hydrogen-bond acceptors (Lipinski definition) is 4. The van der Waals surface area contributed by atoms with E-state index in [-0.39, 0.29) is 30.2 Å². The zero-order valence-corrected chi connectivity index (χ0v) is 19.4. The van der Waals surface area contributed by atoms with Crippen LogP contribution in [-0.4, -0.2) is 16.4 Å². The largest absolute Gasteiger partial charge is 0.488 e. The molecule has 0 unspecified atom stereocenters. The first-order valence-corrected chi connectivity index (χ1v) is 11.1. The molecular formula is C27H22ClN3O4. The van der Waals surface area contributed by atoms with Crippen molar-refractivity contribution >= 4 is 29.1 Å². The van der Waals surface area contributed by atoms with Crippen molar-refractivity contribution in [2.45, 2.75) is 13.2 Å². The summed E-state index contributed by atoms with van der Waals surface area (Å²) in [5, 5.41) is 3.38. The standard InChI is InChI=1S/C27H22ClN3O4/c28-23-10-3-1-7-20(23)15-31-16-21(12-13-25(31)32)30-27(34)19-8-5-6-18(14-19)17-35-24-11-4-2-9-22(24)26(29)33/h1-14,16H,15,17H2,(H2,29,33)(H,30,34). The molecule has 0 spiro atoms. The minimum Gasteiger partial charge on any atom is -0.488 e. The number of nitrogens with one attached hydrogen (secondary N) is 1. The summed E-state index contributed by atoms with van der Waals surface area (Å²) in [5.74, 6) is -0.549. The smallest absolute Gasteiger partial charge is 0.255 e. The van der Waals surface area contributed by atoms with Gasteiger partial charge in [-0.25, -0.2) is 0 Å². The van der Waals surface area contributed by atoms with Crippen LogP contribution in [0, 0.1) is 0 Å². The van der Waals surface area contributed by atoms with Crippen LogP contribution >= 0.6 is 11.6 Å². The number of halogens is 1. The fourth-order valence-electron chi connectivity index (χ4n) is 3.50. The summed E-state index contributed by atoms with van der Waals surface area (Å²) in [6.07, 6.45) is 1.58. The van der Waals surface area contributed by atoms with Gasteiger partial charge in [0.05, 0.1) is 17.8 Å². The first-order chi connectivity index (χ1) is 16.9. The predicted octanol–water partition coefficient (Wildman–Crippen LogP) is 4.48. The number of pyridine rings is 1. The third kappa shape index (κ3) is 5.96. The van der Waals surface area contributed by atoms with Gasteiger partial charge in [0.1, 0.15) is 12.4 Å². The monoisotopic (exact) mass is 487 g/mol. The Morgan fingerprint density at radius 1 is 0.943 bits per heavy atom. The van der Waals surface area contributed by atoms with Crippen molar-refractivity contribution in [3.8, 4) is 5.75 Å². The van der Waals surface area contributed by atoms with Crippen molar-refractivity contribution in [1.29, 1.82) is 0 Å². The molecule has 0 aliphatic heterocycles. The second-order valence-corrected chi connectivity index (χ2v) is 8.19. The van der Waals surface area contributed by atoms with Crippen LogP contribution in [0.25, 0.3) is 0 Å². The van der Waals surface area contributed by atoms with Crippen LogP contribution in [0.5, 0.6) is 5.75 Å². The second-order valence-electron chi connectivity index (χ2n) is 7.78. The van der Waals surface area contributed by atoms with Crippen molar-refractivity contribution in [2.24, 2.45) is 5.73 Å². The zero-order chi connectivity index (χ0) is 24.8. The van der Waals surface area contributed by atoms with Gasteiger partial charge in [0.25, 0.3) is 17.4 Å². The number of para-hydroxylation sites is 1. The Morgan fingerprint density at radius 2 is 1.71 bits per heavy atom. The first-order valence-electron chi connectivity index (χ1n) is 10.8. The van der Waals surface area contributed by atoms with Crippen molar-refractivity contribution in [3.63, 3.8) is 0 Å². The van der Waals surface area contributed by atoms with Crippen molar-refractivity contribution in [3.05, 3.63) is 129 Å². The SMILES string of the molecule is NC(=O)c1ccccc1OCc1cccc(C(=O)Nc2ccc(=O)n(Cc3ccccc3Cl)c2)c1. The fourth-order valence-corrected chi connectivity index (χ4v) is 3.70. The van der Waals surface area contributed by atoms with Crippen molar-refractivity contribution in [2.75, 3.05) is 5.32 Å². The number of nitrogens with zero attached hydrogens (tertiary/aromatic N) is 1. The average Bonchev–Trinajstić information content (AvgIpc) is 2.86. The summed E-state index contributed by atoms with van der Waals surface area (Å²) in [5.41, 5.74) is 7.89. The highest BCUT2D eigenvalue weighted by Gasteiger charge is 2.11. The molecule has 3 N–H and O–H groups in total. The molecule has 0 fully saturated rings. The summed E-state index contributed by atoms with van der Waals surface area (Å²) in [4.78, 5) is 36.8. The Bertz CT molecular complexity index is 1450. The molecule has 0 bridgehead atoms. The number of ether oxygens (including phenoxy) is 1. The molecule has 0 aliphatic rings. The minimum atomic E-state index is -0.579. The van der Waals surface area contributed by atoms with E-state index in [1.807, 2.05) is 24.3 Å². The van der Waals surface area contributed by atoms with Crippen LogP contribution in [0.1, 0.15) is 31.8 Å². The molecule has 0 radical (unpaired) electrons. The summed E-state index contributed by atoms with van der Waals surface area (Å²) < 4.78 is 7.23. The molecule has 4 rings (SSSR count). The number of anilines is 1. The number of hydrogen-bond donors (Lipinski definition) is 2. The maximum absolute atomic E-state index is 12.9. The molecule has 0 aliphatic carbocycles. The van der Waals surface area contributed by atoms with Gasteiger partial charge in [-0.1, -0.05) is 54.1 Å². The van der Waals surface area contributed by atoms with Crippen LogP contribution in [0.2, 0.25) is 5.02 Å². The van der Waals surface area contributed by atoms with E-state index < -0.39 is 5.91 Å². The van der Waals surface area contributed by atoms with E-state index >= 15 is 0 Å². The van der Waals surface area contributed by atoms with Crippen molar-refractivity contribution < 1.29 is 14.3 Å². The normalized spacial score (nSPS) is 10.5. The highest BCUT2D eigenvalue weighted by atomic mass is 35.5. The van der Waals surface area contributed by atoms with Gasteiger partial charge in [-0.05, 0) is 47.5 Å². The molecule has 2 amide bonds. The lowest BCUT2D eigenvalue weighted by Crippen LogP contribution is -2.21. The van der Waals surface area contributed by atoms with Crippen LogP contribution < -0.4 is 21.3 Å². The molecule has 176 valence electrons. The number of carbonyl (C=O) groups excluding carboxylic acids is 2. The number of amides is 2. The van der Waals surface area contributed by atoms with Gasteiger partial charge in [-0.15, -0.1) is 0 Å². The molecule has 0 atom stereocenters. The zero-order valence-electron chi connectivity index (χ0n) is 18.6. The fraction of sp³-hybridized carbons (Fsp3) is 0.0741. The van der Waals surface area contributed by atoms with Gasteiger partial charge in [-0.3, -0.25) is 14.4 Å². The average molecular weight is 488 g/mol. The topological polar surface area (TPSA) is 103 Å². The van der Waals surface area contributed by atoms with Crippen molar-refractivity contribution in [1.82, 2.24) is 4.57 Å². The minimum absolute atomic E-state index is 0.147. The molecule has 0 saturated carbocycles. The lowest BCUT2D eigenvalue weighted by molar-refractivity contribution is 0.0994. The van der Waals surface area contributed by atoms with Crippen LogP contribution in [0.4, 0.5) is 5.69 Å². The Balaban J connectivity index is 1.46. The second kappa shape index (κ2) is 10.7. The van der Waals surface area contributed by atoms with Crippen LogP contribution in [-0.2, 0) is 13.2 Å². The third-order valence-electron chi connectivity index (χ3n) is 5.28. The van der Waals surface area contributed by atoms with E-state index in [9.17, 15) is 14.4 Å². The number of benzene rings is 3. The number of carbonyl (C=O) groups is 2. The van der Waals surface area contributed by atoms with Gasteiger partial charge in [0, 0.05) is 22.8 Å². The maximum atomic E-state index is 12.9. The Hall–Kier alpha value is -4.36. The molecular weight excluding hydrogens is 466 g/mol. The van der Waals surface area contributed by atoms with E-state index in [4.69, 9.17) is 22.1 Å². The highest BCUT2D eigenvalue weighted by Crippen LogP contribution is 2.20. The molecule has 35 heavy (non-hydrogen) atoms. The van der Waals surface area contributed by atoms with Crippen LogP contribution in [0.15, 0.2) is 95.9 Å². The number of aromatic nitrogens is 1. The molecule has 4 aromatic rings. The number of rotatable bonds is 8. The Labute approximate surface area is 206 Å². The maximum Gasteiger partial charge on any atom is 0.255 e. The van der Waals surface area contributed by atoms with Crippen LogP contribution in [0.3, 0.4) is 0 Å². The predicted molar refractivity (Wildman–Crippen MR) is 135 cm³/mol. The number of nitrogens with two attached hydrogens (primary N) is 1. The first kappa shape index (κ1) is 23.8. The molecule has 1 aromatic heterocycles. The third-order valence-corrected chi connectivity index (χ3v) is 5.64. The molecule has 8 heteroatoms. The van der Waals surface area contributed by atoms with Gasteiger partial charge >= 0.3 is 0 Å². The lowest BCUT2D eigenvalue weighted by atomic mass is 10.1. The lowest BCUT2D eigenvalue weighted by Gasteiger charge is -2.12. The van der Waals surface area contributed by atoms with Gasteiger partial charge in [-0.2, -0.15) is 0 Å². The van der Waals surface area contributed by atoms with E-state index in [2.05, 4.69) is 5.32 Å². The van der Waals surface area contributed by atoms with E-state index in [1.165, 1.54) is 10.6 Å². The molecule has 1 heterocycles. The quantitative estimate of drug-likeness (QED) is 0.382. The van der Waals surface area contributed by atoms with Gasteiger partial charge in [0.15, 0.2) is 0 Å². The molecule has 3 aromatic carbocycles. The number of primary amides is 1. The highest BCUT2D eigenvalue weighted by molar-refractivity contribution is 6.31.